The number of aromatic hydroxyl groups is 1. The van der Waals surface area contributed by atoms with Gasteiger partial charge in [0, 0.05) is 27.0 Å². The topological polar surface area (TPSA) is 66.2 Å². The van der Waals surface area contributed by atoms with Crippen molar-refractivity contribution in [2.45, 2.75) is 26.7 Å². The van der Waals surface area contributed by atoms with E-state index in [9.17, 15) is 9.90 Å². The van der Waals surface area contributed by atoms with Crippen molar-refractivity contribution in [3.8, 4) is 28.1 Å². The predicted molar refractivity (Wildman–Crippen MR) is 116 cm³/mol. The fourth-order valence-electron chi connectivity index (χ4n) is 3.52. The van der Waals surface area contributed by atoms with E-state index in [-0.39, 0.29) is 11.3 Å². The molecule has 2 N–H and O–H groups in total. The van der Waals surface area contributed by atoms with Crippen LogP contribution in [0.2, 0.25) is 0 Å². The van der Waals surface area contributed by atoms with Crippen LogP contribution in [0.25, 0.3) is 33.3 Å². The fraction of sp³-hybridized carbons (Fsp3) is 0.174. The van der Waals surface area contributed by atoms with Gasteiger partial charge in [0.1, 0.15) is 17.1 Å². The smallest absolute Gasteiger partial charge is 0.347 e. The second-order valence-corrected chi connectivity index (χ2v) is 8.17. The number of aromatic amines is 1. The third kappa shape index (κ3) is 3.16. The van der Waals surface area contributed by atoms with Crippen LogP contribution in [-0.2, 0) is 0 Å². The van der Waals surface area contributed by atoms with E-state index in [2.05, 4.69) is 46.9 Å². The number of aryl methyl sites for hydroxylation is 1. The monoisotopic (exact) mass is 437 g/mol. The zero-order valence-corrected chi connectivity index (χ0v) is 17.4. The van der Waals surface area contributed by atoms with Crippen molar-refractivity contribution in [3.63, 3.8) is 0 Å². The van der Waals surface area contributed by atoms with Gasteiger partial charge in [-0.15, -0.1) is 0 Å². The van der Waals surface area contributed by atoms with E-state index in [1.165, 1.54) is 11.6 Å². The fourth-order valence-corrected chi connectivity index (χ4v) is 3.92. The molecule has 4 rings (SSSR count). The molecule has 5 heteroatoms. The molecule has 0 radical (unpaired) electrons. The Bertz CT molecular complexity index is 1250. The van der Waals surface area contributed by atoms with E-state index in [1.807, 2.05) is 30.3 Å². The maximum Gasteiger partial charge on any atom is 0.347 e. The lowest BCUT2D eigenvalue weighted by Gasteiger charge is -2.08. The largest absolute Gasteiger partial charge is 0.507 e. The lowest BCUT2D eigenvalue weighted by molar-refractivity contribution is 0.438. The molecule has 0 aliphatic rings. The Kier molecular flexibility index (Phi) is 4.63. The standard InChI is InChI=1S/C23H20BrNO3/c1-12(2)14-7-8-17-18(11-14)25-22(15-5-4-6-16(24)10-15)20(17)21-19(26)9-13(3)28-23(21)27/h4-12,25-26H,1-3H3. The van der Waals surface area contributed by atoms with Gasteiger partial charge in [-0.25, -0.2) is 4.79 Å². The van der Waals surface area contributed by atoms with Crippen LogP contribution < -0.4 is 5.63 Å². The Morgan fingerprint density at radius 2 is 1.86 bits per heavy atom. The summed E-state index contributed by atoms with van der Waals surface area (Å²) < 4.78 is 6.23. The van der Waals surface area contributed by atoms with Crippen LogP contribution >= 0.6 is 15.9 Å². The minimum absolute atomic E-state index is 0.0844. The Morgan fingerprint density at radius 3 is 2.54 bits per heavy atom. The third-order valence-electron chi connectivity index (χ3n) is 4.91. The van der Waals surface area contributed by atoms with Gasteiger partial charge in [0.15, 0.2) is 0 Å². The maximum absolute atomic E-state index is 12.7. The molecule has 0 aliphatic carbocycles. The summed E-state index contributed by atoms with van der Waals surface area (Å²) in [5.41, 5.74) is 4.05. The van der Waals surface area contributed by atoms with Crippen molar-refractivity contribution in [2.24, 2.45) is 0 Å². The summed E-state index contributed by atoms with van der Waals surface area (Å²) in [5.74, 6) is 0.666. The molecule has 28 heavy (non-hydrogen) atoms. The van der Waals surface area contributed by atoms with Crippen LogP contribution in [0, 0.1) is 6.92 Å². The Hall–Kier alpha value is -2.79. The molecule has 0 amide bonds. The van der Waals surface area contributed by atoms with Crippen molar-refractivity contribution >= 4 is 26.8 Å². The van der Waals surface area contributed by atoms with Crippen molar-refractivity contribution in [1.82, 2.24) is 4.98 Å². The van der Waals surface area contributed by atoms with Gasteiger partial charge in [0.2, 0.25) is 0 Å². The highest BCUT2D eigenvalue weighted by molar-refractivity contribution is 9.10. The van der Waals surface area contributed by atoms with Gasteiger partial charge in [-0.05, 0) is 42.2 Å². The lowest BCUT2D eigenvalue weighted by Crippen LogP contribution is -2.04. The van der Waals surface area contributed by atoms with Crippen LogP contribution in [-0.4, -0.2) is 10.1 Å². The van der Waals surface area contributed by atoms with E-state index >= 15 is 0 Å². The molecule has 2 aromatic carbocycles. The summed E-state index contributed by atoms with van der Waals surface area (Å²) in [6.45, 7) is 5.92. The summed E-state index contributed by atoms with van der Waals surface area (Å²) in [4.78, 5) is 16.1. The molecule has 0 atom stereocenters. The average Bonchev–Trinajstić information content (AvgIpc) is 2.99. The predicted octanol–water partition coefficient (Wildman–Crippen LogP) is 6.36. The molecule has 0 bridgehead atoms. The van der Waals surface area contributed by atoms with Gasteiger partial charge in [-0.3, -0.25) is 0 Å². The number of H-pyrrole nitrogens is 1. The first-order valence-corrected chi connectivity index (χ1v) is 9.90. The van der Waals surface area contributed by atoms with Crippen LogP contribution in [0.5, 0.6) is 5.75 Å². The third-order valence-corrected chi connectivity index (χ3v) is 5.40. The van der Waals surface area contributed by atoms with Gasteiger partial charge in [0.25, 0.3) is 0 Å². The summed E-state index contributed by atoms with van der Waals surface area (Å²) >= 11 is 3.51. The molecule has 2 aromatic heterocycles. The average molecular weight is 438 g/mol. The number of hydrogen-bond donors (Lipinski definition) is 2. The summed E-state index contributed by atoms with van der Waals surface area (Å²) in [7, 11) is 0. The quantitative estimate of drug-likeness (QED) is 0.392. The van der Waals surface area contributed by atoms with Gasteiger partial charge < -0.3 is 14.5 Å². The van der Waals surface area contributed by atoms with Crippen LogP contribution in [0.3, 0.4) is 0 Å². The molecule has 0 unspecified atom stereocenters. The Morgan fingerprint density at radius 1 is 1.07 bits per heavy atom. The number of aromatic nitrogens is 1. The molecule has 0 saturated heterocycles. The minimum Gasteiger partial charge on any atom is -0.507 e. The Labute approximate surface area is 171 Å². The van der Waals surface area contributed by atoms with Gasteiger partial charge in [0.05, 0.1) is 5.69 Å². The first-order valence-electron chi connectivity index (χ1n) is 9.11. The maximum atomic E-state index is 12.7. The summed E-state index contributed by atoms with van der Waals surface area (Å²) in [5, 5.41) is 11.5. The molecule has 0 aliphatic heterocycles. The molecule has 142 valence electrons. The van der Waals surface area contributed by atoms with Gasteiger partial charge in [-0.1, -0.05) is 54.0 Å². The molecular weight excluding hydrogens is 418 g/mol. The normalized spacial score (nSPS) is 11.5. The van der Waals surface area contributed by atoms with Crippen LogP contribution in [0.1, 0.15) is 31.1 Å². The van der Waals surface area contributed by atoms with Crippen molar-refractivity contribution in [3.05, 3.63) is 74.7 Å². The zero-order chi connectivity index (χ0) is 20.0. The van der Waals surface area contributed by atoms with E-state index in [0.29, 0.717) is 17.2 Å². The number of benzene rings is 2. The van der Waals surface area contributed by atoms with Crippen molar-refractivity contribution in [2.75, 3.05) is 0 Å². The highest BCUT2D eigenvalue weighted by Crippen LogP contribution is 2.41. The molecular formula is C23H20BrNO3. The Balaban J connectivity index is 2.11. The van der Waals surface area contributed by atoms with Gasteiger partial charge >= 0.3 is 5.63 Å². The number of fused-ring (bicyclic) bond motifs is 1. The molecule has 0 spiro atoms. The highest BCUT2D eigenvalue weighted by Gasteiger charge is 2.22. The highest BCUT2D eigenvalue weighted by atomic mass is 79.9. The number of halogens is 1. The number of hydrogen-bond acceptors (Lipinski definition) is 3. The second-order valence-electron chi connectivity index (χ2n) is 7.25. The SMILES string of the molecule is Cc1cc(O)c(-c2c(-c3cccc(Br)c3)[nH]c3cc(C(C)C)ccc23)c(=O)o1. The van der Waals surface area contributed by atoms with E-state index in [1.54, 1.807) is 6.92 Å². The second kappa shape index (κ2) is 6.99. The van der Waals surface area contributed by atoms with E-state index in [0.717, 1.165) is 26.6 Å². The van der Waals surface area contributed by atoms with Crippen LogP contribution in [0.15, 0.2) is 62.2 Å². The van der Waals surface area contributed by atoms with Crippen molar-refractivity contribution < 1.29 is 9.52 Å². The zero-order valence-electron chi connectivity index (χ0n) is 15.8. The van der Waals surface area contributed by atoms with Crippen LogP contribution in [0.4, 0.5) is 0 Å². The van der Waals surface area contributed by atoms with Crippen molar-refractivity contribution in [1.29, 1.82) is 0 Å². The number of rotatable bonds is 3. The molecule has 0 fully saturated rings. The molecule has 2 heterocycles. The van der Waals surface area contributed by atoms with E-state index in [4.69, 9.17) is 4.42 Å². The first kappa shape index (κ1) is 18.6. The van der Waals surface area contributed by atoms with E-state index < -0.39 is 5.63 Å². The minimum atomic E-state index is -0.553. The summed E-state index contributed by atoms with van der Waals surface area (Å²) in [6.07, 6.45) is 0. The lowest BCUT2D eigenvalue weighted by atomic mass is 9.96. The van der Waals surface area contributed by atoms with Gasteiger partial charge in [-0.2, -0.15) is 0 Å². The molecule has 4 aromatic rings. The molecule has 0 saturated carbocycles. The molecule has 4 nitrogen and oxygen atoms in total. The first-order chi connectivity index (χ1) is 13.3. The summed E-state index contributed by atoms with van der Waals surface area (Å²) in [6, 6.07) is 15.4. The number of nitrogens with one attached hydrogen (secondary N) is 1.